The molecule has 0 aliphatic rings. The highest BCUT2D eigenvalue weighted by atomic mass is 35.5. The van der Waals surface area contributed by atoms with Gasteiger partial charge in [-0.05, 0) is 24.7 Å². The lowest BCUT2D eigenvalue weighted by atomic mass is 10.0. The molecule has 0 heterocycles. The van der Waals surface area contributed by atoms with E-state index in [0.29, 0.717) is 23.1 Å². The van der Waals surface area contributed by atoms with Crippen LogP contribution in [0, 0.1) is 5.92 Å². The summed E-state index contributed by atoms with van der Waals surface area (Å²) in [5.74, 6) is 0.0511. The molecule has 2 atom stereocenters. The van der Waals surface area contributed by atoms with Crippen LogP contribution < -0.4 is 10.6 Å². The number of hydrogen-bond acceptors (Lipinski definition) is 2. The van der Waals surface area contributed by atoms with Crippen molar-refractivity contribution in [1.29, 1.82) is 0 Å². The zero-order valence-corrected chi connectivity index (χ0v) is 14.2. The second kappa shape index (κ2) is 9.46. The number of halogens is 3. The molecule has 2 unspecified atom stereocenters. The fourth-order valence-corrected chi connectivity index (χ4v) is 2.68. The Bertz CT molecular complexity index is 420. The lowest BCUT2D eigenvalue weighted by Gasteiger charge is -2.18. The lowest BCUT2D eigenvalue weighted by Crippen LogP contribution is -2.36. The molecular weight excluding hydrogens is 319 g/mol. The maximum atomic E-state index is 11.8. The summed E-state index contributed by atoms with van der Waals surface area (Å²) in [6.45, 7) is 5.07. The number of amides is 1. The fraction of sp³-hybridized carbons (Fsp3) is 0.500. The predicted molar refractivity (Wildman–Crippen MR) is 88.2 cm³/mol. The van der Waals surface area contributed by atoms with Gasteiger partial charge >= 0.3 is 0 Å². The Morgan fingerprint density at radius 2 is 1.75 bits per heavy atom. The van der Waals surface area contributed by atoms with Crippen molar-refractivity contribution in [3.63, 3.8) is 0 Å². The van der Waals surface area contributed by atoms with E-state index in [9.17, 15) is 4.79 Å². The first kappa shape index (κ1) is 19.5. The third kappa shape index (κ3) is 5.49. The monoisotopic (exact) mass is 338 g/mol. The number of carbonyl (C=O) groups is 1. The first-order chi connectivity index (χ1) is 8.97. The molecule has 1 aromatic carbocycles. The largest absolute Gasteiger partial charge is 0.355 e. The zero-order chi connectivity index (χ0) is 14.4. The van der Waals surface area contributed by atoms with Crippen molar-refractivity contribution >= 4 is 41.5 Å². The number of carbonyl (C=O) groups excluding carboxylic acids is 1. The molecule has 1 rings (SSSR count). The standard InChI is InChI=1S/C14H20Cl2N2O.ClH/c1-9(8-18-14(19)10(2)7-17-3)13-11(15)5-4-6-12(13)16;/h4-6,9-10,17H,7-8H2,1-3H3,(H,18,19);1H. The average molecular weight is 340 g/mol. The molecule has 0 aliphatic carbocycles. The third-order valence-electron chi connectivity index (χ3n) is 3.03. The molecule has 0 aliphatic heterocycles. The summed E-state index contributed by atoms with van der Waals surface area (Å²) in [5.41, 5.74) is 0.882. The van der Waals surface area contributed by atoms with E-state index in [1.54, 1.807) is 0 Å². The second-order valence-corrected chi connectivity index (χ2v) is 5.55. The van der Waals surface area contributed by atoms with E-state index in [2.05, 4.69) is 10.6 Å². The molecule has 6 heteroatoms. The van der Waals surface area contributed by atoms with Crippen molar-refractivity contribution in [3.8, 4) is 0 Å². The maximum Gasteiger partial charge on any atom is 0.224 e. The predicted octanol–water partition coefficient (Wildman–Crippen LogP) is 3.49. The Labute approximate surface area is 136 Å². The summed E-state index contributed by atoms with van der Waals surface area (Å²) in [4.78, 5) is 11.8. The molecule has 0 spiro atoms. The molecule has 0 saturated heterocycles. The third-order valence-corrected chi connectivity index (χ3v) is 3.69. The van der Waals surface area contributed by atoms with Crippen LogP contribution in [0.1, 0.15) is 25.3 Å². The van der Waals surface area contributed by atoms with Gasteiger partial charge in [-0.25, -0.2) is 0 Å². The highest BCUT2D eigenvalue weighted by molar-refractivity contribution is 6.36. The summed E-state index contributed by atoms with van der Waals surface area (Å²) in [7, 11) is 1.83. The van der Waals surface area contributed by atoms with Crippen LogP contribution in [-0.4, -0.2) is 26.0 Å². The fourth-order valence-electron chi connectivity index (χ4n) is 1.91. The maximum absolute atomic E-state index is 11.8. The van der Waals surface area contributed by atoms with Crippen molar-refractivity contribution in [2.24, 2.45) is 5.92 Å². The summed E-state index contributed by atoms with van der Waals surface area (Å²) in [6.07, 6.45) is 0. The molecule has 114 valence electrons. The van der Waals surface area contributed by atoms with Crippen LogP contribution in [-0.2, 0) is 4.79 Å². The summed E-state index contributed by atoms with van der Waals surface area (Å²) < 4.78 is 0. The van der Waals surface area contributed by atoms with Crippen LogP contribution in [0.3, 0.4) is 0 Å². The molecule has 0 radical (unpaired) electrons. The van der Waals surface area contributed by atoms with Gasteiger partial charge in [-0.2, -0.15) is 0 Å². The van der Waals surface area contributed by atoms with Gasteiger partial charge in [0.2, 0.25) is 5.91 Å². The summed E-state index contributed by atoms with van der Waals surface area (Å²) in [6, 6.07) is 5.43. The molecule has 3 nitrogen and oxygen atoms in total. The van der Waals surface area contributed by atoms with E-state index in [1.165, 1.54) is 0 Å². The second-order valence-electron chi connectivity index (χ2n) is 4.74. The van der Waals surface area contributed by atoms with E-state index >= 15 is 0 Å². The van der Waals surface area contributed by atoms with Gasteiger partial charge in [0, 0.05) is 35.0 Å². The van der Waals surface area contributed by atoms with E-state index < -0.39 is 0 Å². The Hall–Kier alpha value is -0.480. The topological polar surface area (TPSA) is 41.1 Å². The highest BCUT2D eigenvalue weighted by Gasteiger charge is 2.16. The van der Waals surface area contributed by atoms with Gasteiger partial charge in [0.05, 0.1) is 0 Å². The van der Waals surface area contributed by atoms with Crippen molar-refractivity contribution < 1.29 is 4.79 Å². The van der Waals surface area contributed by atoms with Crippen LogP contribution in [0.4, 0.5) is 0 Å². The number of nitrogens with one attached hydrogen (secondary N) is 2. The van der Waals surface area contributed by atoms with Crippen LogP contribution in [0.5, 0.6) is 0 Å². The van der Waals surface area contributed by atoms with Crippen molar-refractivity contribution in [2.75, 3.05) is 20.1 Å². The quantitative estimate of drug-likeness (QED) is 0.833. The first-order valence-corrected chi connectivity index (χ1v) is 7.09. The van der Waals surface area contributed by atoms with Gasteiger partial charge in [0.1, 0.15) is 0 Å². The molecule has 1 aromatic rings. The minimum atomic E-state index is -0.0566. The molecule has 0 aromatic heterocycles. The first-order valence-electron chi connectivity index (χ1n) is 6.33. The van der Waals surface area contributed by atoms with Gasteiger partial charge in [0.25, 0.3) is 0 Å². The molecule has 20 heavy (non-hydrogen) atoms. The average Bonchev–Trinajstić information content (AvgIpc) is 2.36. The van der Waals surface area contributed by atoms with Gasteiger partial charge in [-0.15, -0.1) is 12.4 Å². The van der Waals surface area contributed by atoms with Crippen LogP contribution in [0.2, 0.25) is 10.0 Å². The summed E-state index contributed by atoms with van der Waals surface area (Å²) in [5, 5.41) is 7.18. The Morgan fingerprint density at radius 1 is 1.20 bits per heavy atom. The van der Waals surface area contributed by atoms with Gasteiger partial charge in [-0.3, -0.25) is 4.79 Å². The smallest absolute Gasteiger partial charge is 0.224 e. The normalized spacial score (nSPS) is 13.2. The SMILES string of the molecule is CNCC(C)C(=O)NCC(C)c1c(Cl)cccc1Cl.Cl. The highest BCUT2D eigenvalue weighted by Crippen LogP contribution is 2.30. The van der Waals surface area contributed by atoms with E-state index in [4.69, 9.17) is 23.2 Å². The zero-order valence-electron chi connectivity index (χ0n) is 11.9. The summed E-state index contributed by atoms with van der Waals surface area (Å²) >= 11 is 12.3. The Morgan fingerprint density at radius 3 is 2.25 bits per heavy atom. The van der Waals surface area contributed by atoms with E-state index in [1.807, 2.05) is 39.1 Å². The number of hydrogen-bond donors (Lipinski definition) is 2. The van der Waals surface area contributed by atoms with Crippen LogP contribution in [0.25, 0.3) is 0 Å². The minimum absolute atomic E-state index is 0. The Kier molecular flexibility index (Phi) is 9.23. The Balaban J connectivity index is 0.00000361. The van der Waals surface area contributed by atoms with Crippen molar-refractivity contribution in [1.82, 2.24) is 10.6 Å². The van der Waals surface area contributed by atoms with Gasteiger partial charge < -0.3 is 10.6 Å². The molecular formula is C14H21Cl3N2O. The molecule has 0 fully saturated rings. The van der Waals surface area contributed by atoms with Crippen LogP contribution >= 0.6 is 35.6 Å². The van der Waals surface area contributed by atoms with Gasteiger partial charge in [0.15, 0.2) is 0 Å². The molecule has 0 bridgehead atoms. The minimum Gasteiger partial charge on any atom is -0.355 e. The number of rotatable bonds is 6. The van der Waals surface area contributed by atoms with Crippen LogP contribution in [0.15, 0.2) is 18.2 Å². The van der Waals surface area contributed by atoms with Crippen molar-refractivity contribution in [2.45, 2.75) is 19.8 Å². The van der Waals surface area contributed by atoms with E-state index in [0.717, 1.165) is 5.56 Å². The van der Waals surface area contributed by atoms with Gasteiger partial charge in [-0.1, -0.05) is 43.1 Å². The molecule has 1 amide bonds. The van der Waals surface area contributed by atoms with E-state index in [-0.39, 0.29) is 30.2 Å². The lowest BCUT2D eigenvalue weighted by molar-refractivity contribution is -0.124. The van der Waals surface area contributed by atoms with Crippen molar-refractivity contribution in [3.05, 3.63) is 33.8 Å². The molecule has 0 saturated carbocycles. The number of benzene rings is 1. The molecule has 2 N–H and O–H groups in total.